The highest BCUT2D eigenvalue weighted by Gasteiger charge is 2.44. The third kappa shape index (κ3) is 3.70. The van der Waals surface area contributed by atoms with Crippen molar-refractivity contribution in [2.45, 2.75) is 25.2 Å². The van der Waals surface area contributed by atoms with E-state index in [0.717, 1.165) is 25.1 Å². The summed E-state index contributed by atoms with van der Waals surface area (Å²) in [5, 5.41) is 2.93. The van der Waals surface area contributed by atoms with Crippen LogP contribution in [0.4, 0.5) is 10.1 Å². The monoisotopic (exact) mass is 341 g/mol. The number of ether oxygens (including phenoxy) is 1. The molecule has 0 aliphatic carbocycles. The van der Waals surface area contributed by atoms with Crippen molar-refractivity contribution in [3.63, 3.8) is 0 Å². The maximum Gasteiger partial charge on any atom is 0.230 e. The van der Waals surface area contributed by atoms with E-state index in [1.807, 2.05) is 6.07 Å². The fraction of sp³-hybridized carbons (Fsp3) is 0.368. The van der Waals surface area contributed by atoms with Gasteiger partial charge in [0.15, 0.2) is 0 Å². The van der Waals surface area contributed by atoms with Gasteiger partial charge in [-0.25, -0.2) is 4.39 Å². The summed E-state index contributed by atoms with van der Waals surface area (Å²) in [6.45, 7) is 2.25. The Balaban J connectivity index is 1.38. The Morgan fingerprint density at radius 2 is 2.12 bits per heavy atom. The van der Waals surface area contributed by atoms with E-state index >= 15 is 0 Å². The number of carbonyl (C=O) groups is 1. The highest BCUT2D eigenvalue weighted by Crippen LogP contribution is 2.33. The van der Waals surface area contributed by atoms with Crippen LogP contribution in [0.1, 0.15) is 12.0 Å². The molecule has 0 saturated carbocycles. The maximum atomic E-state index is 13.0. The molecule has 3 heterocycles. The molecule has 1 aromatic carbocycles. The van der Waals surface area contributed by atoms with Gasteiger partial charge in [0.25, 0.3) is 0 Å². The summed E-state index contributed by atoms with van der Waals surface area (Å²) in [6.07, 6.45) is 4.02. The molecule has 5 nitrogen and oxygen atoms in total. The summed E-state index contributed by atoms with van der Waals surface area (Å²) in [5.41, 5.74) is 1.77. The van der Waals surface area contributed by atoms with Crippen molar-refractivity contribution >= 4 is 11.6 Å². The van der Waals surface area contributed by atoms with E-state index in [-0.39, 0.29) is 29.9 Å². The second kappa shape index (κ2) is 6.90. The van der Waals surface area contributed by atoms with E-state index in [9.17, 15) is 9.18 Å². The number of nitrogens with zero attached hydrogens (tertiary/aromatic N) is 2. The number of fused-ring (bicyclic) bond motifs is 2. The minimum Gasteiger partial charge on any atom is -0.371 e. The topological polar surface area (TPSA) is 54.5 Å². The van der Waals surface area contributed by atoms with Crippen LogP contribution in [0.15, 0.2) is 48.8 Å². The number of rotatable bonds is 4. The first-order chi connectivity index (χ1) is 12.2. The molecule has 25 heavy (non-hydrogen) atoms. The van der Waals surface area contributed by atoms with E-state index in [2.05, 4.69) is 15.2 Å². The number of pyridine rings is 1. The SMILES string of the molecule is O=C(Nc1cccnc1)[C@@H]1C[C@H]2CN(Cc3ccc(F)cc3)C[C@@H]1O2. The van der Waals surface area contributed by atoms with Gasteiger partial charge < -0.3 is 10.1 Å². The predicted molar refractivity (Wildman–Crippen MR) is 91.3 cm³/mol. The van der Waals surface area contributed by atoms with Crippen LogP contribution < -0.4 is 5.32 Å². The average Bonchev–Trinajstić information content (AvgIpc) is 2.92. The minimum absolute atomic E-state index is 0.0101. The van der Waals surface area contributed by atoms with Crippen molar-refractivity contribution in [2.24, 2.45) is 5.92 Å². The molecule has 130 valence electrons. The molecule has 2 bridgehead atoms. The zero-order chi connectivity index (χ0) is 17.2. The Morgan fingerprint density at radius 1 is 1.28 bits per heavy atom. The van der Waals surface area contributed by atoms with E-state index in [1.54, 1.807) is 30.6 Å². The average molecular weight is 341 g/mol. The molecule has 1 N–H and O–H groups in total. The van der Waals surface area contributed by atoms with Crippen molar-refractivity contribution in [1.82, 2.24) is 9.88 Å². The summed E-state index contributed by atoms with van der Waals surface area (Å²) in [7, 11) is 0. The lowest BCUT2D eigenvalue weighted by Gasteiger charge is -2.32. The van der Waals surface area contributed by atoms with E-state index < -0.39 is 0 Å². The number of anilines is 1. The molecule has 6 heteroatoms. The lowest BCUT2D eigenvalue weighted by Crippen LogP contribution is -2.44. The molecule has 4 rings (SSSR count). The Kier molecular flexibility index (Phi) is 4.46. The first-order valence-electron chi connectivity index (χ1n) is 8.50. The highest BCUT2D eigenvalue weighted by atomic mass is 19.1. The van der Waals surface area contributed by atoms with Gasteiger partial charge in [-0.15, -0.1) is 0 Å². The number of carbonyl (C=O) groups excluding carboxylic acids is 1. The Labute approximate surface area is 145 Å². The number of morpholine rings is 1. The van der Waals surface area contributed by atoms with Crippen molar-refractivity contribution < 1.29 is 13.9 Å². The van der Waals surface area contributed by atoms with Gasteiger partial charge >= 0.3 is 0 Å². The fourth-order valence-electron chi connectivity index (χ4n) is 3.66. The number of amides is 1. The van der Waals surface area contributed by atoms with Crippen LogP contribution in [0.25, 0.3) is 0 Å². The van der Waals surface area contributed by atoms with Crippen LogP contribution in [-0.4, -0.2) is 41.1 Å². The van der Waals surface area contributed by atoms with Crippen LogP contribution in [-0.2, 0) is 16.1 Å². The summed E-state index contributed by atoms with van der Waals surface area (Å²) in [4.78, 5) is 18.9. The van der Waals surface area contributed by atoms with E-state index in [0.29, 0.717) is 12.2 Å². The molecule has 1 aromatic heterocycles. The second-order valence-electron chi connectivity index (χ2n) is 6.69. The lowest BCUT2D eigenvalue weighted by molar-refractivity contribution is -0.123. The molecule has 2 aromatic rings. The van der Waals surface area contributed by atoms with E-state index in [4.69, 9.17) is 4.74 Å². The first-order valence-corrected chi connectivity index (χ1v) is 8.50. The Bertz CT molecular complexity index is 738. The molecule has 2 aliphatic rings. The van der Waals surface area contributed by atoms with Crippen LogP contribution in [0.2, 0.25) is 0 Å². The first kappa shape index (κ1) is 16.2. The zero-order valence-electron chi connectivity index (χ0n) is 13.8. The number of likely N-dealkylation sites (tertiary alicyclic amines) is 1. The molecular weight excluding hydrogens is 321 g/mol. The van der Waals surface area contributed by atoms with Gasteiger partial charge in [-0.2, -0.15) is 0 Å². The number of hydrogen-bond acceptors (Lipinski definition) is 4. The molecular formula is C19H20FN3O2. The third-order valence-corrected chi connectivity index (χ3v) is 4.82. The molecule has 2 aliphatic heterocycles. The Morgan fingerprint density at radius 3 is 2.88 bits per heavy atom. The van der Waals surface area contributed by atoms with Gasteiger partial charge in [-0.1, -0.05) is 12.1 Å². The minimum atomic E-state index is -0.224. The third-order valence-electron chi connectivity index (χ3n) is 4.82. The number of halogens is 1. The summed E-state index contributed by atoms with van der Waals surface area (Å²) in [5.74, 6) is -0.384. The maximum absolute atomic E-state index is 13.0. The standard InChI is InChI=1S/C19H20FN3O2/c20-14-5-3-13(4-6-14)10-23-11-16-8-17(18(12-23)25-16)19(24)22-15-2-1-7-21-9-15/h1-7,9,16-18H,8,10-12H2,(H,22,24)/t16-,17+,18-/m0/s1. The molecule has 1 amide bonds. The van der Waals surface area contributed by atoms with Crippen molar-refractivity contribution in [3.8, 4) is 0 Å². The summed E-state index contributed by atoms with van der Waals surface area (Å²) < 4.78 is 19.0. The molecule has 2 fully saturated rings. The van der Waals surface area contributed by atoms with Crippen LogP contribution >= 0.6 is 0 Å². The Hall–Kier alpha value is -2.31. The smallest absolute Gasteiger partial charge is 0.230 e. The van der Waals surface area contributed by atoms with Crippen molar-refractivity contribution in [1.29, 1.82) is 0 Å². The lowest BCUT2D eigenvalue weighted by atomic mass is 9.99. The molecule has 0 spiro atoms. The van der Waals surface area contributed by atoms with Crippen LogP contribution in [0.5, 0.6) is 0 Å². The van der Waals surface area contributed by atoms with Crippen LogP contribution in [0.3, 0.4) is 0 Å². The van der Waals surface area contributed by atoms with Crippen molar-refractivity contribution in [3.05, 3.63) is 60.2 Å². The number of aromatic nitrogens is 1. The zero-order valence-corrected chi connectivity index (χ0v) is 13.8. The van der Waals surface area contributed by atoms with E-state index in [1.165, 1.54) is 12.1 Å². The molecule has 0 unspecified atom stereocenters. The quantitative estimate of drug-likeness (QED) is 0.928. The van der Waals surface area contributed by atoms with Gasteiger partial charge in [0.1, 0.15) is 5.82 Å². The van der Waals surface area contributed by atoms with Crippen molar-refractivity contribution in [2.75, 3.05) is 18.4 Å². The summed E-state index contributed by atoms with van der Waals surface area (Å²) in [6, 6.07) is 10.2. The van der Waals surface area contributed by atoms with Gasteiger partial charge in [-0.3, -0.25) is 14.7 Å². The van der Waals surface area contributed by atoms with Crippen LogP contribution in [0, 0.1) is 11.7 Å². The molecule has 0 radical (unpaired) electrons. The number of hydrogen-bond donors (Lipinski definition) is 1. The van der Waals surface area contributed by atoms with Gasteiger partial charge in [0, 0.05) is 25.8 Å². The largest absolute Gasteiger partial charge is 0.371 e. The predicted octanol–water partition coefficient (Wildman–Crippen LogP) is 2.45. The second-order valence-corrected chi connectivity index (χ2v) is 6.69. The fourth-order valence-corrected chi connectivity index (χ4v) is 3.66. The van der Waals surface area contributed by atoms with Gasteiger partial charge in [-0.05, 0) is 36.2 Å². The van der Waals surface area contributed by atoms with Gasteiger partial charge in [0.05, 0.1) is 30.0 Å². The summed E-state index contributed by atoms with van der Waals surface area (Å²) >= 11 is 0. The number of nitrogens with one attached hydrogen (secondary N) is 1. The normalized spacial score (nSPS) is 25.7. The number of benzene rings is 1. The molecule has 2 saturated heterocycles. The van der Waals surface area contributed by atoms with Gasteiger partial charge in [0.2, 0.25) is 5.91 Å². The molecule has 3 atom stereocenters. The highest BCUT2D eigenvalue weighted by molar-refractivity contribution is 5.93.